The Morgan fingerprint density at radius 1 is 1.30 bits per heavy atom. The second kappa shape index (κ2) is 6.01. The smallest absolute Gasteiger partial charge is 0.157 e. The van der Waals surface area contributed by atoms with E-state index in [4.69, 9.17) is 4.74 Å². The molecule has 0 fully saturated rings. The van der Waals surface area contributed by atoms with Gasteiger partial charge in [0.1, 0.15) is 5.82 Å². The molecule has 118 valence electrons. The predicted octanol–water partition coefficient (Wildman–Crippen LogP) is 3.02. The summed E-state index contributed by atoms with van der Waals surface area (Å²) in [6.45, 7) is 3.61. The quantitative estimate of drug-likeness (QED) is 0.805. The van der Waals surface area contributed by atoms with Gasteiger partial charge in [-0.3, -0.25) is 0 Å². The Balaban J connectivity index is 1.59. The van der Waals surface area contributed by atoms with Crippen LogP contribution in [0.4, 0.5) is 5.82 Å². The molecular weight excluding hydrogens is 288 g/mol. The maximum Gasteiger partial charge on any atom is 0.157 e. The number of rotatable bonds is 4. The Bertz CT molecular complexity index is 827. The van der Waals surface area contributed by atoms with Crippen molar-refractivity contribution in [2.24, 2.45) is 0 Å². The van der Waals surface area contributed by atoms with Gasteiger partial charge in [0.2, 0.25) is 0 Å². The Hall–Kier alpha value is -2.40. The number of ether oxygens (including phenoxy) is 1. The van der Waals surface area contributed by atoms with Crippen molar-refractivity contribution in [2.75, 3.05) is 18.5 Å². The lowest BCUT2D eigenvalue weighted by molar-refractivity contribution is 0.0513. The number of hydrogen-bond donors (Lipinski definition) is 1. The lowest BCUT2D eigenvalue weighted by atomic mass is 9.97. The van der Waals surface area contributed by atoms with Gasteiger partial charge in [0.05, 0.1) is 18.9 Å². The highest BCUT2D eigenvalue weighted by atomic mass is 16.5. The van der Waals surface area contributed by atoms with E-state index in [2.05, 4.69) is 52.7 Å². The molecule has 23 heavy (non-hydrogen) atoms. The summed E-state index contributed by atoms with van der Waals surface area (Å²) in [5, 5.41) is 7.85. The Labute approximate surface area is 135 Å². The maximum atomic E-state index is 5.97. The molecule has 0 saturated carbocycles. The van der Waals surface area contributed by atoms with Crippen molar-refractivity contribution in [3.63, 3.8) is 0 Å². The van der Waals surface area contributed by atoms with Crippen LogP contribution in [0.15, 0.2) is 42.6 Å². The zero-order valence-corrected chi connectivity index (χ0v) is 13.2. The predicted molar refractivity (Wildman–Crippen MR) is 89.7 cm³/mol. The van der Waals surface area contributed by atoms with Gasteiger partial charge < -0.3 is 10.1 Å². The molecule has 1 aromatic carbocycles. The number of fused-ring (bicyclic) bond motifs is 2. The van der Waals surface area contributed by atoms with E-state index in [-0.39, 0.29) is 6.10 Å². The number of benzene rings is 1. The fraction of sp³-hybridized carbons (Fsp3) is 0.333. The Morgan fingerprint density at radius 3 is 3.13 bits per heavy atom. The van der Waals surface area contributed by atoms with Gasteiger partial charge in [0.25, 0.3) is 0 Å². The average Bonchev–Trinajstić information content (AvgIpc) is 3.08. The van der Waals surface area contributed by atoms with Crippen molar-refractivity contribution in [3.8, 4) is 0 Å². The van der Waals surface area contributed by atoms with Crippen molar-refractivity contribution < 1.29 is 4.74 Å². The number of anilines is 1. The molecule has 5 heteroatoms. The van der Waals surface area contributed by atoms with Gasteiger partial charge in [-0.1, -0.05) is 31.2 Å². The number of nitrogens with one attached hydrogen (secondary N) is 1. The number of hydrogen-bond acceptors (Lipinski definition) is 4. The normalized spacial score (nSPS) is 17.2. The molecule has 2 aromatic heterocycles. The molecule has 0 unspecified atom stereocenters. The van der Waals surface area contributed by atoms with E-state index in [1.807, 2.05) is 10.6 Å². The second-order valence-electron chi connectivity index (χ2n) is 5.78. The molecule has 0 aliphatic carbocycles. The van der Waals surface area contributed by atoms with E-state index in [9.17, 15) is 0 Å². The highest BCUT2D eigenvalue weighted by molar-refractivity contribution is 5.49. The molecule has 0 amide bonds. The Morgan fingerprint density at radius 2 is 2.22 bits per heavy atom. The third-order valence-electron chi connectivity index (χ3n) is 4.34. The molecule has 1 aliphatic heterocycles. The van der Waals surface area contributed by atoms with Crippen LogP contribution in [0.2, 0.25) is 0 Å². The zero-order valence-electron chi connectivity index (χ0n) is 13.2. The van der Waals surface area contributed by atoms with Gasteiger partial charge >= 0.3 is 0 Å². The van der Waals surface area contributed by atoms with Crippen LogP contribution >= 0.6 is 0 Å². The first kappa shape index (κ1) is 14.2. The summed E-state index contributed by atoms with van der Waals surface area (Å²) in [4.78, 5) is 4.57. The Kier molecular flexibility index (Phi) is 3.71. The minimum absolute atomic E-state index is 0.0730. The summed E-state index contributed by atoms with van der Waals surface area (Å²) < 4.78 is 7.81. The van der Waals surface area contributed by atoms with Gasteiger partial charge in [0.15, 0.2) is 5.65 Å². The molecule has 0 saturated heterocycles. The number of nitrogens with zero attached hydrogens (tertiary/aromatic N) is 3. The minimum atomic E-state index is 0.0730. The molecule has 0 spiro atoms. The summed E-state index contributed by atoms with van der Waals surface area (Å²) in [7, 11) is 0. The first-order valence-corrected chi connectivity index (χ1v) is 8.12. The van der Waals surface area contributed by atoms with Crippen LogP contribution in [-0.2, 0) is 17.6 Å². The summed E-state index contributed by atoms with van der Waals surface area (Å²) in [6.07, 6.45) is 3.74. The first-order chi connectivity index (χ1) is 11.3. The maximum absolute atomic E-state index is 5.97. The van der Waals surface area contributed by atoms with Crippen molar-refractivity contribution >= 4 is 11.5 Å². The van der Waals surface area contributed by atoms with E-state index >= 15 is 0 Å². The van der Waals surface area contributed by atoms with Crippen molar-refractivity contribution in [1.29, 1.82) is 0 Å². The van der Waals surface area contributed by atoms with Crippen LogP contribution in [0, 0.1) is 0 Å². The van der Waals surface area contributed by atoms with Crippen LogP contribution in [0.5, 0.6) is 0 Å². The van der Waals surface area contributed by atoms with Gasteiger partial charge in [-0.2, -0.15) is 9.61 Å². The summed E-state index contributed by atoms with van der Waals surface area (Å²) >= 11 is 0. The highest BCUT2D eigenvalue weighted by Crippen LogP contribution is 2.27. The van der Waals surface area contributed by atoms with Crippen LogP contribution in [-0.4, -0.2) is 27.7 Å². The van der Waals surface area contributed by atoms with Gasteiger partial charge in [-0.25, -0.2) is 4.98 Å². The summed E-state index contributed by atoms with van der Waals surface area (Å²) in [6, 6.07) is 12.5. The fourth-order valence-electron chi connectivity index (χ4n) is 3.12. The van der Waals surface area contributed by atoms with E-state index in [0.717, 1.165) is 43.2 Å². The standard InChI is InChI=1S/C18H20N4O/c1-2-14-11-18(22-17(21-14)7-9-20-22)19-12-16-15-6-4-3-5-13(15)8-10-23-16/h3-7,9,11,16,19H,2,8,10,12H2,1H3/t16-/m0/s1. The highest BCUT2D eigenvalue weighted by Gasteiger charge is 2.20. The monoisotopic (exact) mass is 308 g/mol. The third-order valence-corrected chi connectivity index (χ3v) is 4.34. The molecule has 3 aromatic rings. The fourth-order valence-corrected chi connectivity index (χ4v) is 3.12. The van der Waals surface area contributed by atoms with Crippen LogP contribution in [0.1, 0.15) is 29.8 Å². The van der Waals surface area contributed by atoms with Crippen LogP contribution in [0.3, 0.4) is 0 Å². The van der Waals surface area contributed by atoms with E-state index in [1.54, 1.807) is 6.20 Å². The lowest BCUT2D eigenvalue weighted by Gasteiger charge is -2.26. The van der Waals surface area contributed by atoms with E-state index in [0.29, 0.717) is 0 Å². The molecule has 4 rings (SSSR count). The number of aromatic nitrogens is 3. The lowest BCUT2D eigenvalue weighted by Crippen LogP contribution is -2.23. The average molecular weight is 308 g/mol. The van der Waals surface area contributed by atoms with Crippen LogP contribution in [0.25, 0.3) is 5.65 Å². The molecular formula is C18H20N4O. The SMILES string of the molecule is CCc1cc(NC[C@@H]2OCCc3ccccc32)n2nccc2n1. The van der Waals surface area contributed by atoms with Crippen molar-refractivity contribution in [3.05, 3.63) is 59.4 Å². The summed E-state index contributed by atoms with van der Waals surface area (Å²) in [5.41, 5.74) is 4.61. The molecule has 1 aliphatic rings. The minimum Gasteiger partial charge on any atom is -0.371 e. The molecule has 5 nitrogen and oxygen atoms in total. The van der Waals surface area contributed by atoms with Gasteiger partial charge in [-0.05, 0) is 24.0 Å². The first-order valence-electron chi connectivity index (χ1n) is 8.12. The molecule has 1 atom stereocenters. The van der Waals surface area contributed by atoms with E-state index in [1.165, 1.54) is 11.1 Å². The van der Waals surface area contributed by atoms with Crippen LogP contribution < -0.4 is 5.32 Å². The molecule has 1 N–H and O–H groups in total. The second-order valence-corrected chi connectivity index (χ2v) is 5.78. The van der Waals surface area contributed by atoms with Crippen molar-refractivity contribution in [1.82, 2.24) is 14.6 Å². The van der Waals surface area contributed by atoms with Gasteiger partial charge in [-0.15, -0.1) is 0 Å². The molecule has 0 bridgehead atoms. The summed E-state index contributed by atoms with van der Waals surface area (Å²) in [5.74, 6) is 0.962. The number of aryl methyl sites for hydroxylation is 1. The van der Waals surface area contributed by atoms with Crippen molar-refractivity contribution in [2.45, 2.75) is 25.9 Å². The molecule has 3 heterocycles. The zero-order chi connectivity index (χ0) is 15.6. The molecule has 0 radical (unpaired) electrons. The topological polar surface area (TPSA) is 51.5 Å². The van der Waals surface area contributed by atoms with Gasteiger partial charge in [0, 0.05) is 24.4 Å². The largest absolute Gasteiger partial charge is 0.371 e. The third kappa shape index (κ3) is 2.68. The van der Waals surface area contributed by atoms with E-state index < -0.39 is 0 Å².